The minimum Gasteiger partial charge on any atom is -0.872 e. The van der Waals surface area contributed by atoms with Crippen molar-refractivity contribution in [3.05, 3.63) is 71.3 Å². The largest absolute Gasteiger partial charge is 0.872 e. The topological polar surface area (TPSA) is 74.1 Å². The number of quaternary nitrogens is 1. The number of likely N-dealkylation sites (N-methyl/N-ethyl adjacent to an activating group) is 1. The van der Waals surface area contributed by atoms with Crippen molar-refractivity contribution in [1.82, 2.24) is 4.90 Å². The van der Waals surface area contributed by atoms with Gasteiger partial charge >= 0.3 is 0 Å². The second-order valence-corrected chi connectivity index (χ2v) is 7.07. The van der Waals surface area contributed by atoms with Crippen LogP contribution in [0.1, 0.15) is 17.2 Å². The van der Waals surface area contributed by atoms with E-state index in [1.54, 1.807) is 61.7 Å². The van der Waals surface area contributed by atoms with Crippen LogP contribution in [0, 0.1) is 0 Å². The molecule has 3 rings (SSSR count). The van der Waals surface area contributed by atoms with Crippen LogP contribution in [0.15, 0.2) is 60.2 Å². The SMILES string of the molecule is COc1ccc(C2/C(=C(\[O-])c3ccccc3)C(=O)C(=O)N2CC[NH+](C)C)cc1. The Balaban J connectivity index is 2.12. The molecule has 28 heavy (non-hydrogen) atoms. The summed E-state index contributed by atoms with van der Waals surface area (Å²) in [7, 11) is 5.52. The lowest BCUT2D eigenvalue weighted by Gasteiger charge is -2.27. The lowest BCUT2D eigenvalue weighted by Crippen LogP contribution is -3.06. The fraction of sp³-hybridized carbons (Fsp3) is 0.273. The van der Waals surface area contributed by atoms with Gasteiger partial charge in [0, 0.05) is 5.57 Å². The monoisotopic (exact) mass is 380 g/mol. The summed E-state index contributed by atoms with van der Waals surface area (Å²) in [6, 6.07) is 15.0. The summed E-state index contributed by atoms with van der Waals surface area (Å²) in [5.41, 5.74) is 1.13. The van der Waals surface area contributed by atoms with Crippen LogP contribution < -0.4 is 14.7 Å². The van der Waals surface area contributed by atoms with Crippen molar-refractivity contribution in [3.8, 4) is 5.75 Å². The molecule has 2 aromatic carbocycles. The van der Waals surface area contributed by atoms with Crippen molar-refractivity contribution in [1.29, 1.82) is 0 Å². The predicted octanol–water partition coefficient (Wildman–Crippen LogP) is 0.0637. The first-order valence-corrected chi connectivity index (χ1v) is 9.19. The molecule has 0 saturated carbocycles. The van der Waals surface area contributed by atoms with Crippen LogP contribution in [0.25, 0.3) is 5.76 Å². The Bertz CT molecular complexity index is 889. The molecule has 1 heterocycles. The predicted molar refractivity (Wildman–Crippen MR) is 103 cm³/mol. The summed E-state index contributed by atoms with van der Waals surface area (Å²) < 4.78 is 5.20. The highest BCUT2D eigenvalue weighted by Gasteiger charge is 2.44. The van der Waals surface area contributed by atoms with E-state index in [4.69, 9.17) is 4.74 Å². The van der Waals surface area contributed by atoms with Crippen LogP contribution in [0.5, 0.6) is 5.75 Å². The molecule has 1 N–H and O–H groups in total. The number of benzene rings is 2. The van der Waals surface area contributed by atoms with Crippen molar-refractivity contribution in [3.63, 3.8) is 0 Å². The van der Waals surface area contributed by atoms with E-state index in [-0.39, 0.29) is 5.57 Å². The number of rotatable bonds is 6. The zero-order valence-corrected chi connectivity index (χ0v) is 16.3. The van der Waals surface area contributed by atoms with Gasteiger partial charge in [0.2, 0.25) is 5.78 Å². The smallest absolute Gasteiger partial charge is 0.295 e. The van der Waals surface area contributed by atoms with E-state index < -0.39 is 23.5 Å². The number of Topliss-reactive ketones (excluding diaryl/α,β-unsaturated/α-hetero) is 1. The van der Waals surface area contributed by atoms with E-state index in [1.165, 1.54) is 4.90 Å². The third kappa shape index (κ3) is 3.77. The number of carbonyl (C=O) groups excluding carboxylic acids is 2. The van der Waals surface area contributed by atoms with Crippen molar-refractivity contribution < 1.29 is 24.3 Å². The van der Waals surface area contributed by atoms with Crippen molar-refractivity contribution in [2.75, 3.05) is 34.3 Å². The maximum Gasteiger partial charge on any atom is 0.295 e. The molecule has 0 aliphatic carbocycles. The average Bonchev–Trinajstić information content (AvgIpc) is 2.97. The van der Waals surface area contributed by atoms with Crippen LogP contribution >= 0.6 is 0 Å². The summed E-state index contributed by atoms with van der Waals surface area (Å²) in [4.78, 5) is 28.2. The fourth-order valence-electron chi connectivity index (χ4n) is 3.32. The number of nitrogens with one attached hydrogen (secondary N) is 1. The second kappa shape index (κ2) is 8.27. The first-order chi connectivity index (χ1) is 13.4. The van der Waals surface area contributed by atoms with Gasteiger partial charge in [-0.05, 0) is 23.3 Å². The molecule has 1 fully saturated rings. The standard InChI is InChI=1S/C22H24N2O4/c1-23(2)13-14-24-19(15-9-11-17(28-3)12-10-15)18(21(26)22(24)27)20(25)16-7-5-4-6-8-16/h4-12,19,25H,13-14H2,1-3H3/b20-18+. The lowest BCUT2D eigenvalue weighted by molar-refractivity contribution is -0.857. The summed E-state index contributed by atoms with van der Waals surface area (Å²) in [5, 5.41) is 13.1. The number of carbonyl (C=O) groups is 2. The van der Waals surface area contributed by atoms with Crippen LogP contribution in [0.3, 0.4) is 0 Å². The Morgan fingerprint density at radius 1 is 1.07 bits per heavy atom. The van der Waals surface area contributed by atoms with Crippen molar-refractivity contribution in [2.24, 2.45) is 0 Å². The average molecular weight is 380 g/mol. The molecule has 146 valence electrons. The molecule has 1 unspecified atom stereocenters. The number of amides is 1. The molecule has 6 heteroatoms. The third-order valence-corrected chi connectivity index (χ3v) is 4.85. The lowest BCUT2D eigenvalue weighted by atomic mass is 9.95. The van der Waals surface area contributed by atoms with Gasteiger partial charge in [-0.3, -0.25) is 9.59 Å². The number of hydrogen-bond donors (Lipinski definition) is 1. The molecular formula is C22H24N2O4. The van der Waals surface area contributed by atoms with Gasteiger partial charge < -0.3 is 19.6 Å². The van der Waals surface area contributed by atoms with E-state index in [0.717, 1.165) is 4.90 Å². The molecule has 1 amide bonds. The highest BCUT2D eigenvalue weighted by atomic mass is 16.5. The van der Waals surface area contributed by atoms with Gasteiger partial charge in [-0.2, -0.15) is 0 Å². The number of ether oxygens (including phenoxy) is 1. The summed E-state index contributed by atoms with van der Waals surface area (Å²) in [6.07, 6.45) is 0. The van der Waals surface area contributed by atoms with Gasteiger partial charge in [0.05, 0.1) is 40.3 Å². The normalized spacial score (nSPS) is 18.7. The molecule has 0 bridgehead atoms. The molecule has 1 saturated heterocycles. The number of nitrogens with zero attached hydrogens (tertiary/aromatic N) is 1. The molecule has 1 aliphatic heterocycles. The first kappa shape index (κ1) is 19.6. The van der Waals surface area contributed by atoms with Crippen LogP contribution in [0.4, 0.5) is 0 Å². The summed E-state index contributed by atoms with van der Waals surface area (Å²) >= 11 is 0. The molecule has 0 aromatic heterocycles. The molecule has 1 atom stereocenters. The Labute approximate surface area is 164 Å². The zero-order valence-electron chi connectivity index (χ0n) is 16.3. The van der Waals surface area contributed by atoms with Gasteiger partial charge in [-0.1, -0.05) is 48.2 Å². The summed E-state index contributed by atoms with van der Waals surface area (Å²) in [6.45, 7) is 1.05. The van der Waals surface area contributed by atoms with Crippen LogP contribution in [-0.4, -0.2) is 50.9 Å². The number of methoxy groups -OCH3 is 1. The van der Waals surface area contributed by atoms with E-state index >= 15 is 0 Å². The van der Waals surface area contributed by atoms with Gasteiger partial charge in [0.1, 0.15) is 5.75 Å². The number of ketones is 1. The van der Waals surface area contributed by atoms with Crippen molar-refractivity contribution >= 4 is 17.4 Å². The van der Waals surface area contributed by atoms with E-state index in [0.29, 0.717) is 30.0 Å². The molecule has 0 radical (unpaired) electrons. The van der Waals surface area contributed by atoms with Gasteiger partial charge in [0.15, 0.2) is 0 Å². The van der Waals surface area contributed by atoms with E-state index in [1.807, 2.05) is 14.1 Å². The fourth-order valence-corrected chi connectivity index (χ4v) is 3.32. The van der Waals surface area contributed by atoms with Crippen LogP contribution in [-0.2, 0) is 9.59 Å². The zero-order chi connectivity index (χ0) is 20.3. The Kier molecular flexibility index (Phi) is 5.80. The van der Waals surface area contributed by atoms with Gasteiger partial charge in [-0.25, -0.2) is 0 Å². The maximum absolute atomic E-state index is 13.1. The van der Waals surface area contributed by atoms with Gasteiger partial charge in [-0.15, -0.1) is 0 Å². The van der Waals surface area contributed by atoms with Crippen molar-refractivity contribution in [2.45, 2.75) is 6.04 Å². The van der Waals surface area contributed by atoms with E-state index in [9.17, 15) is 14.7 Å². The quantitative estimate of drug-likeness (QED) is 0.437. The number of likely N-dealkylation sites (tertiary alicyclic amines) is 1. The highest BCUT2D eigenvalue weighted by Crippen LogP contribution is 2.38. The third-order valence-electron chi connectivity index (χ3n) is 4.85. The van der Waals surface area contributed by atoms with E-state index in [2.05, 4.69) is 0 Å². The minimum atomic E-state index is -0.719. The minimum absolute atomic E-state index is 0.00937. The molecule has 2 aromatic rings. The Morgan fingerprint density at radius 2 is 1.71 bits per heavy atom. The maximum atomic E-state index is 13.1. The molecular weight excluding hydrogens is 356 g/mol. The molecule has 1 aliphatic rings. The number of hydrogen-bond acceptors (Lipinski definition) is 4. The Hall–Kier alpha value is -3.12. The molecule has 0 spiro atoms. The highest BCUT2D eigenvalue weighted by molar-refractivity contribution is 6.46. The first-order valence-electron chi connectivity index (χ1n) is 9.19. The van der Waals surface area contributed by atoms with Crippen LogP contribution in [0.2, 0.25) is 0 Å². The summed E-state index contributed by atoms with van der Waals surface area (Å²) in [5.74, 6) is -1.08. The molecule has 6 nitrogen and oxygen atoms in total. The second-order valence-electron chi connectivity index (χ2n) is 7.07. The Morgan fingerprint density at radius 3 is 2.29 bits per heavy atom. The van der Waals surface area contributed by atoms with Gasteiger partial charge in [0.25, 0.3) is 5.91 Å².